The van der Waals surface area contributed by atoms with Gasteiger partial charge in [0.25, 0.3) is 0 Å². The van der Waals surface area contributed by atoms with E-state index in [9.17, 15) is 4.79 Å². The maximum Gasteiger partial charge on any atom is 0.341 e. The molecule has 0 saturated carbocycles. The van der Waals surface area contributed by atoms with Gasteiger partial charge in [0, 0.05) is 26.2 Å². The van der Waals surface area contributed by atoms with Crippen molar-refractivity contribution in [3.05, 3.63) is 17.5 Å². The highest BCUT2D eigenvalue weighted by molar-refractivity contribution is 5.90. The minimum Gasteiger partial charge on any atom is -0.462 e. The number of rotatable bonds is 4. The summed E-state index contributed by atoms with van der Waals surface area (Å²) in [4.78, 5) is 14.3. The number of morpholine rings is 1. The molecule has 112 valence electrons. The number of hydrogen-bond donors (Lipinski definition) is 0. The van der Waals surface area contributed by atoms with Gasteiger partial charge in [-0.1, -0.05) is 0 Å². The van der Waals surface area contributed by atoms with Crippen LogP contribution in [0.15, 0.2) is 6.20 Å². The third-order valence-corrected chi connectivity index (χ3v) is 3.65. The Morgan fingerprint density at radius 3 is 3.00 bits per heavy atom. The van der Waals surface area contributed by atoms with Crippen LogP contribution in [0, 0.1) is 0 Å². The Morgan fingerprint density at radius 2 is 2.30 bits per heavy atom. The molecule has 2 atom stereocenters. The van der Waals surface area contributed by atoms with Crippen LogP contribution in [0.1, 0.15) is 36.8 Å². The van der Waals surface area contributed by atoms with E-state index in [0.29, 0.717) is 31.4 Å². The highest BCUT2D eigenvalue weighted by Gasteiger charge is 2.26. The molecule has 2 rings (SSSR count). The molecule has 0 aliphatic carbocycles. The summed E-state index contributed by atoms with van der Waals surface area (Å²) in [7, 11) is 1.85. The van der Waals surface area contributed by atoms with Crippen LogP contribution in [0.3, 0.4) is 0 Å². The van der Waals surface area contributed by atoms with E-state index >= 15 is 0 Å². The molecular formula is C14H23N3O3. The van der Waals surface area contributed by atoms with E-state index in [-0.39, 0.29) is 12.1 Å². The lowest BCUT2D eigenvalue weighted by Gasteiger charge is -2.36. The highest BCUT2D eigenvalue weighted by atomic mass is 16.5. The van der Waals surface area contributed by atoms with Gasteiger partial charge in [0.05, 0.1) is 31.2 Å². The van der Waals surface area contributed by atoms with Crippen molar-refractivity contribution >= 4 is 5.97 Å². The molecule has 2 heterocycles. The first-order valence-corrected chi connectivity index (χ1v) is 7.06. The fourth-order valence-electron chi connectivity index (χ4n) is 2.41. The number of carbonyl (C=O) groups is 1. The lowest BCUT2D eigenvalue weighted by molar-refractivity contribution is -0.0534. The average Bonchev–Trinajstić information content (AvgIpc) is 2.76. The molecule has 20 heavy (non-hydrogen) atoms. The smallest absolute Gasteiger partial charge is 0.341 e. The summed E-state index contributed by atoms with van der Waals surface area (Å²) in [5.74, 6) is -0.301. The lowest BCUT2D eigenvalue weighted by Crippen LogP contribution is -2.47. The fraction of sp³-hybridized carbons (Fsp3) is 0.714. The van der Waals surface area contributed by atoms with Gasteiger partial charge in [-0.05, 0) is 20.8 Å². The van der Waals surface area contributed by atoms with Gasteiger partial charge in [-0.3, -0.25) is 9.58 Å². The van der Waals surface area contributed by atoms with Crippen molar-refractivity contribution in [3.63, 3.8) is 0 Å². The molecule has 0 amide bonds. The van der Waals surface area contributed by atoms with Crippen molar-refractivity contribution in [3.8, 4) is 0 Å². The van der Waals surface area contributed by atoms with E-state index in [2.05, 4.69) is 23.8 Å². The topological polar surface area (TPSA) is 56.6 Å². The summed E-state index contributed by atoms with van der Waals surface area (Å²) in [5.41, 5.74) is 1.45. The molecule has 0 bridgehead atoms. The molecule has 1 fully saturated rings. The Balaban J connectivity index is 2.15. The van der Waals surface area contributed by atoms with E-state index < -0.39 is 0 Å². The molecule has 1 aromatic heterocycles. The first kappa shape index (κ1) is 15.0. The summed E-state index contributed by atoms with van der Waals surface area (Å²) in [6.45, 7) is 8.63. The largest absolute Gasteiger partial charge is 0.462 e. The van der Waals surface area contributed by atoms with Gasteiger partial charge in [0.1, 0.15) is 5.56 Å². The average molecular weight is 281 g/mol. The summed E-state index contributed by atoms with van der Waals surface area (Å²) in [6, 6.07) is 0.330. The van der Waals surface area contributed by atoms with Gasteiger partial charge < -0.3 is 9.47 Å². The Morgan fingerprint density at radius 1 is 1.55 bits per heavy atom. The maximum atomic E-state index is 11.9. The summed E-state index contributed by atoms with van der Waals surface area (Å²) in [5, 5.41) is 4.19. The van der Waals surface area contributed by atoms with Crippen LogP contribution in [-0.2, 0) is 23.1 Å². The first-order valence-electron chi connectivity index (χ1n) is 7.06. The SMILES string of the molecule is CCOC(=O)c1cnn(C)c1CN1CC(C)OCC1C. The van der Waals surface area contributed by atoms with Crippen LogP contribution < -0.4 is 0 Å². The van der Waals surface area contributed by atoms with Crippen LogP contribution in [0.4, 0.5) is 0 Å². The normalized spacial score (nSPS) is 23.8. The van der Waals surface area contributed by atoms with Crippen molar-refractivity contribution in [2.24, 2.45) is 7.05 Å². The summed E-state index contributed by atoms with van der Waals surface area (Å²) < 4.78 is 12.5. The maximum absolute atomic E-state index is 11.9. The number of nitrogens with zero attached hydrogens (tertiary/aromatic N) is 3. The molecule has 1 aromatic rings. The van der Waals surface area contributed by atoms with Crippen molar-refractivity contribution in [1.82, 2.24) is 14.7 Å². The Labute approximate surface area is 119 Å². The van der Waals surface area contributed by atoms with Crippen LogP contribution in [-0.4, -0.2) is 52.6 Å². The molecule has 1 aliphatic heterocycles. The molecule has 0 spiro atoms. The second-order valence-electron chi connectivity index (χ2n) is 5.27. The molecule has 6 nitrogen and oxygen atoms in total. The van der Waals surface area contributed by atoms with Crippen LogP contribution in [0.25, 0.3) is 0 Å². The fourth-order valence-corrected chi connectivity index (χ4v) is 2.41. The van der Waals surface area contributed by atoms with Gasteiger partial charge in [-0.15, -0.1) is 0 Å². The standard InChI is InChI=1S/C14H23N3O3/c1-5-19-14(18)12-6-15-16(4)13(12)8-17-7-11(3)20-9-10(17)2/h6,10-11H,5,7-9H2,1-4H3. The number of aryl methyl sites for hydroxylation is 1. The van der Waals surface area contributed by atoms with Crippen molar-refractivity contribution < 1.29 is 14.3 Å². The predicted molar refractivity (Wildman–Crippen MR) is 74.5 cm³/mol. The number of ether oxygens (including phenoxy) is 2. The Bertz CT molecular complexity index is 472. The summed E-state index contributed by atoms with van der Waals surface area (Å²) in [6.07, 6.45) is 1.80. The van der Waals surface area contributed by atoms with E-state index in [0.717, 1.165) is 12.2 Å². The third kappa shape index (κ3) is 3.19. The Hall–Kier alpha value is -1.40. The van der Waals surface area contributed by atoms with Crippen molar-refractivity contribution in [1.29, 1.82) is 0 Å². The number of hydrogen-bond acceptors (Lipinski definition) is 5. The zero-order valence-corrected chi connectivity index (χ0v) is 12.6. The number of aromatic nitrogens is 2. The van der Waals surface area contributed by atoms with Crippen molar-refractivity contribution in [2.45, 2.75) is 39.5 Å². The van der Waals surface area contributed by atoms with Gasteiger partial charge in [0.2, 0.25) is 0 Å². The molecule has 0 N–H and O–H groups in total. The minimum absolute atomic E-state index is 0.213. The molecule has 0 aromatic carbocycles. The summed E-state index contributed by atoms with van der Waals surface area (Å²) >= 11 is 0. The van der Waals surface area contributed by atoms with Gasteiger partial charge in [-0.25, -0.2) is 4.79 Å². The highest BCUT2D eigenvalue weighted by Crippen LogP contribution is 2.18. The van der Waals surface area contributed by atoms with Crippen LogP contribution in [0.5, 0.6) is 0 Å². The number of carbonyl (C=O) groups excluding carboxylic acids is 1. The van der Waals surface area contributed by atoms with Crippen molar-refractivity contribution in [2.75, 3.05) is 19.8 Å². The van der Waals surface area contributed by atoms with E-state index in [1.54, 1.807) is 17.8 Å². The molecular weight excluding hydrogens is 258 g/mol. The van der Waals surface area contributed by atoms with Gasteiger partial charge >= 0.3 is 5.97 Å². The van der Waals surface area contributed by atoms with E-state index in [1.807, 2.05) is 7.05 Å². The van der Waals surface area contributed by atoms with Crippen LogP contribution >= 0.6 is 0 Å². The first-order chi connectivity index (χ1) is 9.52. The van der Waals surface area contributed by atoms with E-state index in [4.69, 9.17) is 9.47 Å². The quantitative estimate of drug-likeness (QED) is 0.776. The molecule has 0 radical (unpaired) electrons. The molecule has 6 heteroatoms. The Kier molecular flexibility index (Phi) is 4.77. The second-order valence-corrected chi connectivity index (χ2v) is 5.27. The monoisotopic (exact) mass is 281 g/mol. The zero-order valence-electron chi connectivity index (χ0n) is 12.6. The minimum atomic E-state index is -0.301. The predicted octanol–water partition coefficient (Wildman–Crippen LogP) is 1.21. The lowest BCUT2D eigenvalue weighted by atomic mass is 10.1. The molecule has 2 unspecified atom stereocenters. The third-order valence-electron chi connectivity index (χ3n) is 3.65. The van der Waals surface area contributed by atoms with E-state index in [1.165, 1.54) is 0 Å². The van der Waals surface area contributed by atoms with Crippen LogP contribution in [0.2, 0.25) is 0 Å². The zero-order chi connectivity index (χ0) is 14.7. The number of esters is 1. The van der Waals surface area contributed by atoms with Gasteiger partial charge in [-0.2, -0.15) is 5.10 Å². The second kappa shape index (κ2) is 6.37. The molecule has 1 saturated heterocycles. The molecule has 1 aliphatic rings. The van der Waals surface area contributed by atoms with Gasteiger partial charge in [0.15, 0.2) is 0 Å².